The summed E-state index contributed by atoms with van der Waals surface area (Å²) in [4.78, 5) is 40.2. The van der Waals surface area contributed by atoms with Crippen molar-refractivity contribution in [3.8, 4) is 0 Å². The van der Waals surface area contributed by atoms with Crippen molar-refractivity contribution in [1.29, 1.82) is 0 Å². The number of carbonyl (C=O) groups is 3. The van der Waals surface area contributed by atoms with Crippen molar-refractivity contribution in [2.45, 2.75) is 31.7 Å². The van der Waals surface area contributed by atoms with Crippen molar-refractivity contribution in [3.05, 3.63) is 53.9 Å². The first-order valence-corrected chi connectivity index (χ1v) is 10.7. The number of likely N-dealkylation sites (tertiary alicyclic amines) is 1. The first-order chi connectivity index (χ1) is 15.0. The molecule has 0 radical (unpaired) electrons. The Labute approximate surface area is 181 Å². The number of hydrogen-bond acceptors (Lipinski definition) is 4. The lowest BCUT2D eigenvalue weighted by atomic mass is 10.0. The lowest BCUT2D eigenvalue weighted by Crippen LogP contribution is -2.46. The molecule has 3 amide bonds. The summed E-state index contributed by atoms with van der Waals surface area (Å²) in [6.45, 7) is 1.99. The lowest BCUT2D eigenvalue weighted by molar-refractivity contribution is -0.127. The molecule has 2 aromatic rings. The monoisotopic (exact) mass is 421 g/mol. The smallest absolute Gasteiger partial charge is 0.254 e. The van der Waals surface area contributed by atoms with Crippen LogP contribution in [0.4, 0.5) is 5.69 Å². The summed E-state index contributed by atoms with van der Waals surface area (Å²) >= 11 is 0. The lowest BCUT2D eigenvalue weighted by Gasteiger charge is -2.31. The van der Waals surface area contributed by atoms with Crippen molar-refractivity contribution in [3.63, 3.8) is 0 Å². The summed E-state index contributed by atoms with van der Waals surface area (Å²) in [5.41, 5.74) is 2.37. The van der Waals surface area contributed by atoms with Gasteiger partial charge in [-0.25, -0.2) is 0 Å². The zero-order valence-corrected chi connectivity index (χ0v) is 17.7. The number of nitrogens with one attached hydrogen (secondary N) is 1. The zero-order chi connectivity index (χ0) is 21.8. The second-order valence-corrected chi connectivity index (χ2v) is 8.05. The zero-order valence-electron chi connectivity index (χ0n) is 17.7. The Bertz CT molecular complexity index is 987. The third kappa shape index (κ3) is 5.02. The van der Waals surface area contributed by atoms with Crippen molar-refractivity contribution < 1.29 is 14.4 Å². The summed E-state index contributed by atoms with van der Waals surface area (Å²) in [5, 5.41) is 7.04. The van der Waals surface area contributed by atoms with Crippen molar-refractivity contribution >= 4 is 29.5 Å². The fourth-order valence-corrected chi connectivity index (χ4v) is 4.01. The van der Waals surface area contributed by atoms with Crippen LogP contribution in [0.5, 0.6) is 0 Å². The van der Waals surface area contributed by atoms with E-state index >= 15 is 0 Å². The number of nitrogens with zero attached hydrogens (tertiary/aromatic N) is 4. The molecule has 2 aliphatic rings. The minimum absolute atomic E-state index is 0.0316. The molecule has 0 bridgehead atoms. The summed E-state index contributed by atoms with van der Waals surface area (Å²) in [6.07, 6.45) is 9.59. The van der Waals surface area contributed by atoms with Crippen LogP contribution in [0.25, 0.3) is 6.08 Å². The number of aromatic nitrogens is 2. The quantitative estimate of drug-likeness (QED) is 0.748. The molecular formula is C23H27N5O3. The second-order valence-electron chi connectivity index (χ2n) is 8.05. The molecule has 4 rings (SSSR count). The standard InChI is InChI=1S/C23H27N5O3/c1-26-16-18(15-24-26)23(31)25-19-10-13-27(14-11-19)21(29)9-6-17-4-7-20(8-5-17)28-12-2-3-22(28)30/h4-9,15-16,19H,2-3,10-14H2,1H3,(H,25,31)/b9-6+. The van der Waals surface area contributed by atoms with Crippen LogP contribution in [-0.4, -0.2) is 58.1 Å². The first kappa shape index (κ1) is 20.8. The molecule has 0 atom stereocenters. The van der Waals surface area contributed by atoms with Crippen molar-refractivity contribution in [2.75, 3.05) is 24.5 Å². The molecule has 0 saturated carbocycles. The van der Waals surface area contributed by atoms with Crippen LogP contribution in [0, 0.1) is 0 Å². The van der Waals surface area contributed by atoms with E-state index in [4.69, 9.17) is 0 Å². The molecule has 0 spiro atoms. The van der Waals surface area contributed by atoms with E-state index in [1.807, 2.05) is 24.3 Å². The highest BCUT2D eigenvalue weighted by Crippen LogP contribution is 2.22. The maximum Gasteiger partial charge on any atom is 0.254 e. The molecule has 1 aromatic heterocycles. The Hall–Kier alpha value is -3.42. The number of piperidine rings is 1. The molecule has 0 aliphatic carbocycles. The van der Waals surface area contributed by atoms with E-state index in [1.54, 1.807) is 46.1 Å². The molecule has 1 aromatic carbocycles. The van der Waals surface area contributed by atoms with E-state index in [0.717, 1.165) is 37.1 Å². The highest BCUT2D eigenvalue weighted by molar-refractivity contribution is 5.96. The summed E-state index contributed by atoms with van der Waals surface area (Å²) in [7, 11) is 1.78. The molecule has 2 fully saturated rings. The molecule has 8 heteroatoms. The summed E-state index contributed by atoms with van der Waals surface area (Å²) < 4.78 is 1.60. The van der Waals surface area contributed by atoms with Crippen LogP contribution in [0.3, 0.4) is 0 Å². The van der Waals surface area contributed by atoms with E-state index in [9.17, 15) is 14.4 Å². The van der Waals surface area contributed by atoms with Gasteiger partial charge in [0.1, 0.15) is 0 Å². The van der Waals surface area contributed by atoms with Crippen LogP contribution in [0.2, 0.25) is 0 Å². The fraction of sp³-hybridized carbons (Fsp3) is 0.391. The highest BCUT2D eigenvalue weighted by atomic mass is 16.2. The van der Waals surface area contributed by atoms with Gasteiger partial charge in [0.15, 0.2) is 0 Å². The van der Waals surface area contributed by atoms with Gasteiger partial charge in [-0.3, -0.25) is 19.1 Å². The number of anilines is 1. The Balaban J connectivity index is 1.25. The van der Waals surface area contributed by atoms with E-state index in [2.05, 4.69) is 10.4 Å². The average Bonchev–Trinajstić information content (AvgIpc) is 3.41. The van der Waals surface area contributed by atoms with Crippen LogP contribution in [0.1, 0.15) is 41.6 Å². The number of carbonyl (C=O) groups excluding carboxylic acids is 3. The second kappa shape index (κ2) is 9.16. The van der Waals surface area contributed by atoms with Gasteiger partial charge in [-0.05, 0) is 43.0 Å². The van der Waals surface area contributed by atoms with Gasteiger partial charge in [-0.2, -0.15) is 5.10 Å². The number of aryl methyl sites for hydroxylation is 1. The Morgan fingerprint density at radius 3 is 2.48 bits per heavy atom. The first-order valence-electron chi connectivity index (χ1n) is 10.7. The highest BCUT2D eigenvalue weighted by Gasteiger charge is 2.24. The Morgan fingerprint density at radius 1 is 1.13 bits per heavy atom. The predicted octanol–water partition coefficient (Wildman–Crippen LogP) is 1.98. The van der Waals surface area contributed by atoms with Crippen molar-refractivity contribution in [2.24, 2.45) is 7.05 Å². The van der Waals surface area contributed by atoms with Gasteiger partial charge in [0, 0.05) is 57.1 Å². The third-order valence-corrected chi connectivity index (χ3v) is 5.81. The van der Waals surface area contributed by atoms with Crippen LogP contribution in [0.15, 0.2) is 42.7 Å². The largest absolute Gasteiger partial charge is 0.349 e. The summed E-state index contributed by atoms with van der Waals surface area (Å²) in [5.74, 6) is 0.00572. The Kier molecular flexibility index (Phi) is 6.16. The SMILES string of the molecule is Cn1cc(C(=O)NC2CCN(C(=O)/C=C/c3ccc(N4CCCC4=O)cc3)CC2)cn1. The van der Waals surface area contributed by atoms with Crippen LogP contribution < -0.4 is 10.2 Å². The molecule has 2 saturated heterocycles. The average molecular weight is 422 g/mol. The van der Waals surface area contributed by atoms with Gasteiger partial charge in [0.05, 0.1) is 11.8 Å². The molecule has 3 heterocycles. The number of rotatable bonds is 5. The molecule has 2 aliphatic heterocycles. The number of hydrogen-bond donors (Lipinski definition) is 1. The van der Waals surface area contributed by atoms with Crippen LogP contribution >= 0.6 is 0 Å². The summed E-state index contributed by atoms with van der Waals surface area (Å²) in [6, 6.07) is 7.74. The maximum atomic E-state index is 12.5. The van der Waals surface area contributed by atoms with E-state index in [-0.39, 0.29) is 23.8 Å². The van der Waals surface area contributed by atoms with E-state index in [0.29, 0.717) is 25.1 Å². The van der Waals surface area contributed by atoms with Gasteiger partial charge in [0.2, 0.25) is 11.8 Å². The van der Waals surface area contributed by atoms with E-state index < -0.39 is 0 Å². The molecule has 0 unspecified atom stereocenters. The van der Waals surface area contributed by atoms with Gasteiger partial charge in [0.25, 0.3) is 5.91 Å². The van der Waals surface area contributed by atoms with E-state index in [1.165, 1.54) is 0 Å². The molecule has 1 N–H and O–H groups in total. The van der Waals surface area contributed by atoms with Crippen LogP contribution in [-0.2, 0) is 16.6 Å². The predicted molar refractivity (Wildman–Crippen MR) is 117 cm³/mol. The molecule has 31 heavy (non-hydrogen) atoms. The van der Waals surface area contributed by atoms with Gasteiger partial charge in [-0.15, -0.1) is 0 Å². The minimum Gasteiger partial charge on any atom is -0.349 e. The molecular weight excluding hydrogens is 394 g/mol. The van der Waals surface area contributed by atoms with Gasteiger partial charge < -0.3 is 15.1 Å². The maximum absolute atomic E-state index is 12.5. The minimum atomic E-state index is -0.128. The molecule has 8 nitrogen and oxygen atoms in total. The Morgan fingerprint density at radius 2 is 1.87 bits per heavy atom. The fourth-order valence-electron chi connectivity index (χ4n) is 4.01. The number of benzene rings is 1. The third-order valence-electron chi connectivity index (χ3n) is 5.81. The van der Waals surface area contributed by atoms with Crippen molar-refractivity contribution in [1.82, 2.24) is 20.0 Å². The normalized spacial score (nSPS) is 17.5. The molecule has 162 valence electrons. The van der Waals surface area contributed by atoms with Gasteiger partial charge >= 0.3 is 0 Å². The topological polar surface area (TPSA) is 87.5 Å². The van der Waals surface area contributed by atoms with Gasteiger partial charge in [-0.1, -0.05) is 12.1 Å². The number of amides is 3.